The van der Waals surface area contributed by atoms with Gasteiger partial charge in [-0.2, -0.15) is 0 Å². The number of carbonyl (C=O) groups excluding carboxylic acids is 1. The van der Waals surface area contributed by atoms with E-state index in [9.17, 15) is 9.18 Å². The largest absolute Gasteiger partial charge is 0.379 e. The molecule has 6 heteroatoms. The quantitative estimate of drug-likeness (QED) is 0.749. The van der Waals surface area contributed by atoms with Crippen LogP contribution in [0, 0.1) is 5.82 Å². The Hall–Kier alpha value is -1.66. The molecular weight excluding hydrogens is 285 g/mol. The minimum Gasteiger partial charge on any atom is -0.379 e. The molecule has 122 valence electrons. The third-order valence-corrected chi connectivity index (χ3v) is 3.68. The van der Waals surface area contributed by atoms with Crippen LogP contribution in [-0.2, 0) is 11.2 Å². The van der Waals surface area contributed by atoms with Crippen LogP contribution in [-0.4, -0.2) is 56.9 Å². The molecule has 2 rings (SSSR count). The first-order chi connectivity index (χ1) is 10.8. The number of hydrogen-bond donors (Lipinski definition) is 2. The number of carbonyl (C=O) groups is 1. The van der Waals surface area contributed by atoms with Gasteiger partial charge in [-0.1, -0.05) is 18.2 Å². The summed E-state index contributed by atoms with van der Waals surface area (Å²) in [6.45, 7) is 5.57. The fourth-order valence-electron chi connectivity index (χ4n) is 2.40. The van der Waals surface area contributed by atoms with E-state index in [4.69, 9.17) is 4.74 Å². The minimum absolute atomic E-state index is 0.196. The van der Waals surface area contributed by atoms with Gasteiger partial charge in [-0.25, -0.2) is 9.18 Å². The SMILES string of the molecule is O=C(NCCCN1CCOCC1)NCCc1ccccc1F. The lowest BCUT2D eigenvalue weighted by molar-refractivity contribution is 0.0375. The summed E-state index contributed by atoms with van der Waals surface area (Å²) >= 11 is 0. The van der Waals surface area contributed by atoms with E-state index in [0.717, 1.165) is 39.3 Å². The van der Waals surface area contributed by atoms with Crippen molar-refractivity contribution in [3.63, 3.8) is 0 Å². The fourth-order valence-corrected chi connectivity index (χ4v) is 2.40. The molecule has 5 nitrogen and oxygen atoms in total. The zero-order valence-electron chi connectivity index (χ0n) is 12.8. The second kappa shape index (κ2) is 9.38. The molecule has 1 fully saturated rings. The normalized spacial score (nSPS) is 15.5. The van der Waals surface area contributed by atoms with Crippen molar-refractivity contribution in [3.8, 4) is 0 Å². The zero-order chi connectivity index (χ0) is 15.6. The van der Waals surface area contributed by atoms with Gasteiger partial charge in [-0.3, -0.25) is 4.90 Å². The van der Waals surface area contributed by atoms with Gasteiger partial charge in [0.15, 0.2) is 0 Å². The van der Waals surface area contributed by atoms with Crippen LogP contribution >= 0.6 is 0 Å². The number of halogens is 1. The average molecular weight is 309 g/mol. The summed E-state index contributed by atoms with van der Waals surface area (Å²) in [4.78, 5) is 14.0. The van der Waals surface area contributed by atoms with Crippen LogP contribution in [0.3, 0.4) is 0 Å². The molecule has 1 aliphatic rings. The highest BCUT2D eigenvalue weighted by molar-refractivity contribution is 5.73. The molecule has 1 aliphatic heterocycles. The highest BCUT2D eigenvalue weighted by Crippen LogP contribution is 2.06. The van der Waals surface area contributed by atoms with Crippen molar-refractivity contribution >= 4 is 6.03 Å². The van der Waals surface area contributed by atoms with Gasteiger partial charge >= 0.3 is 6.03 Å². The Kier molecular flexibility index (Phi) is 7.12. The second-order valence-electron chi connectivity index (χ2n) is 5.33. The Labute approximate surface area is 130 Å². The van der Waals surface area contributed by atoms with E-state index in [2.05, 4.69) is 15.5 Å². The van der Waals surface area contributed by atoms with Crippen LogP contribution in [0.4, 0.5) is 9.18 Å². The van der Waals surface area contributed by atoms with Gasteiger partial charge in [0, 0.05) is 26.2 Å². The molecule has 0 atom stereocenters. The molecule has 0 spiro atoms. The maximum Gasteiger partial charge on any atom is 0.314 e. The first-order valence-corrected chi connectivity index (χ1v) is 7.81. The summed E-state index contributed by atoms with van der Waals surface area (Å²) in [6, 6.07) is 6.42. The number of benzene rings is 1. The molecule has 0 bridgehead atoms. The number of rotatable bonds is 7. The number of hydrogen-bond acceptors (Lipinski definition) is 3. The highest BCUT2D eigenvalue weighted by atomic mass is 19.1. The lowest BCUT2D eigenvalue weighted by Gasteiger charge is -2.26. The summed E-state index contributed by atoms with van der Waals surface area (Å²) in [5.74, 6) is -0.227. The summed E-state index contributed by atoms with van der Waals surface area (Å²) in [5, 5.41) is 5.57. The summed E-state index contributed by atoms with van der Waals surface area (Å²) in [6.07, 6.45) is 1.41. The van der Waals surface area contributed by atoms with E-state index in [1.807, 2.05) is 0 Å². The van der Waals surface area contributed by atoms with Crippen LogP contribution in [0.5, 0.6) is 0 Å². The van der Waals surface area contributed by atoms with E-state index < -0.39 is 0 Å². The predicted octanol–water partition coefficient (Wildman–Crippen LogP) is 1.39. The predicted molar refractivity (Wildman–Crippen MR) is 83.4 cm³/mol. The van der Waals surface area contributed by atoms with Gasteiger partial charge < -0.3 is 15.4 Å². The van der Waals surface area contributed by atoms with Gasteiger partial charge in [-0.15, -0.1) is 0 Å². The number of amides is 2. The molecule has 0 aliphatic carbocycles. The van der Waals surface area contributed by atoms with E-state index in [1.165, 1.54) is 6.07 Å². The van der Waals surface area contributed by atoms with E-state index >= 15 is 0 Å². The zero-order valence-corrected chi connectivity index (χ0v) is 12.8. The van der Waals surface area contributed by atoms with Gasteiger partial charge in [0.25, 0.3) is 0 Å². The van der Waals surface area contributed by atoms with Gasteiger partial charge in [0.2, 0.25) is 0 Å². The third kappa shape index (κ3) is 5.99. The van der Waals surface area contributed by atoms with Crippen LogP contribution in [0.2, 0.25) is 0 Å². The monoisotopic (exact) mass is 309 g/mol. The lowest BCUT2D eigenvalue weighted by Crippen LogP contribution is -2.40. The lowest BCUT2D eigenvalue weighted by atomic mass is 10.1. The smallest absolute Gasteiger partial charge is 0.314 e. The molecule has 22 heavy (non-hydrogen) atoms. The molecule has 0 radical (unpaired) electrons. The van der Waals surface area contributed by atoms with Crippen LogP contribution in [0.1, 0.15) is 12.0 Å². The summed E-state index contributed by atoms with van der Waals surface area (Å²) in [5.41, 5.74) is 0.620. The summed E-state index contributed by atoms with van der Waals surface area (Å²) in [7, 11) is 0. The molecule has 0 saturated carbocycles. The van der Waals surface area contributed by atoms with Crippen LogP contribution in [0.25, 0.3) is 0 Å². The van der Waals surface area contributed by atoms with E-state index in [1.54, 1.807) is 18.2 Å². The number of nitrogens with zero attached hydrogens (tertiary/aromatic N) is 1. The minimum atomic E-state index is -0.227. The Morgan fingerprint density at radius 3 is 2.68 bits per heavy atom. The number of nitrogens with one attached hydrogen (secondary N) is 2. The van der Waals surface area contributed by atoms with Crippen molar-refractivity contribution in [2.24, 2.45) is 0 Å². The van der Waals surface area contributed by atoms with E-state index in [-0.39, 0.29) is 11.8 Å². The molecular formula is C16H24FN3O2. The van der Waals surface area contributed by atoms with Crippen molar-refractivity contribution in [1.29, 1.82) is 0 Å². The summed E-state index contributed by atoms with van der Waals surface area (Å²) < 4.78 is 18.7. The van der Waals surface area contributed by atoms with Crippen molar-refractivity contribution in [2.75, 3.05) is 45.9 Å². The van der Waals surface area contributed by atoms with Crippen LogP contribution in [0.15, 0.2) is 24.3 Å². The molecule has 0 unspecified atom stereocenters. The highest BCUT2D eigenvalue weighted by Gasteiger charge is 2.09. The Morgan fingerprint density at radius 2 is 1.91 bits per heavy atom. The second-order valence-corrected chi connectivity index (χ2v) is 5.33. The average Bonchev–Trinajstić information content (AvgIpc) is 2.54. The van der Waals surface area contributed by atoms with Crippen LogP contribution < -0.4 is 10.6 Å². The molecule has 1 aromatic rings. The molecule has 2 amide bonds. The van der Waals surface area contributed by atoms with Crippen molar-refractivity contribution < 1.29 is 13.9 Å². The van der Waals surface area contributed by atoms with E-state index in [0.29, 0.717) is 25.1 Å². The van der Waals surface area contributed by atoms with Gasteiger partial charge in [0.1, 0.15) is 5.82 Å². The standard InChI is InChI=1S/C16H24FN3O2/c17-15-5-2-1-4-14(15)6-8-19-16(21)18-7-3-9-20-10-12-22-13-11-20/h1-2,4-5H,3,6-13H2,(H2,18,19,21). The third-order valence-electron chi connectivity index (χ3n) is 3.68. The van der Waals surface area contributed by atoms with Crippen molar-refractivity contribution in [3.05, 3.63) is 35.6 Å². The number of morpholine rings is 1. The topological polar surface area (TPSA) is 53.6 Å². The van der Waals surface area contributed by atoms with Crippen molar-refractivity contribution in [2.45, 2.75) is 12.8 Å². The maximum absolute atomic E-state index is 13.4. The first kappa shape index (κ1) is 16.7. The Morgan fingerprint density at radius 1 is 1.18 bits per heavy atom. The molecule has 0 aromatic heterocycles. The maximum atomic E-state index is 13.4. The molecule has 1 aromatic carbocycles. The molecule has 1 saturated heterocycles. The fraction of sp³-hybridized carbons (Fsp3) is 0.562. The van der Waals surface area contributed by atoms with Gasteiger partial charge in [-0.05, 0) is 31.0 Å². The van der Waals surface area contributed by atoms with Gasteiger partial charge in [0.05, 0.1) is 13.2 Å². The number of ether oxygens (including phenoxy) is 1. The molecule has 2 N–H and O–H groups in total. The Balaban J connectivity index is 1.51. The molecule has 1 heterocycles. The first-order valence-electron chi connectivity index (χ1n) is 7.81. The number of urea groups is 1. The van der Waals surface area contributed by atoms with Crippen molar-refractivity contribution in [1.82, 2.24) is 15.5 Å². The Bertz CT molecular complexity index is 464.